The zero-order valence-corrected chi connectivity index (χ0v) is 17.3. The third-order valence-electron chi connectivity index (χ3n) is 5.35. The lowest BCUT2D eigenvalue weighted by Crippen LogP contribution is -2.38. The number of aromatic nitrogens is 3. The molecule has 8 nitrogen and oxygen atoms in total. The highest BCUT2D eigenvalue weighted by atomic mass is 16.3. The smallest absolute Gasteiger partial charge is 0.290 e. The van der Waals surface area contributed by atoms with E-state index >= 15 is 0 Å². The van der Waals surface area contributed by atoms with Crippen LogP contribution in [-0.2, 0) is 22.6 Å². The Morgan fingerprint density at radius 3 is 2.67 bits per heavy atom. The molecule has 1 atom stereocenters. The summed E-state index contributed by atoms with van der Waals surface area (Å²) in [7, 11) is 0. The van der Waals surface area contributed by atoms with Crippen LogP contribution >= 0.6 is 0 Å². The summed E-state index contributed by atoms with van der Waals surface area (Å²) in [6.45, 7) is 6.30. The average Bonchev–Trinajstić information content (AvgIpc) is 3.34. The van der Waals surface area contributed by atoms with Gasteiger partial charge in [-0.05, 0) is 50.3 Å². The molecule has 1 aromatic carbocycles. The highest BCUT2D eigenvalue weighted by Crippen LogP contribution is 2.21. The van der Waals surface area contributed by atoms with Gasteiger partial charge in [-0.1, -0.05) is 18.2 Å². The SMILES string of the molecule is Cc1nccn1CC1CCCN(CCc2c[nH]c3ccccc23)C1.O=CO.O=CO. The minimum atomic E-state index is -0.250. The Bertz CT molecular complexity index is 899. The molecule has 0 aliphatic carbocycles. The standard InChI is InChI=1S/C20H26N4.2CH2O2/c1-16-21-9-12-24(16)15-17-5-4-10-23(14-17)11-8-18-13-22-20-7-3-2-6-19(18)20;2*2-1-3/h2-3,6-7,9,12-13,17,22H,4-5,8,10-11,14-15H2,1H3;2*1H,(H,2,3). The minimum absolute atomic E-state index is 0.250. The molecule has 3 N–H and O–H groups in total. The number of para-hydroxylation sites is 1. The molecule has 1 unspecified atom stereocenters. The molecule has 3 heterocycles. The number of carbonyl (C=O) groups is 2. The van der Waals surface area contributed by atoms with Crippen molar-refractivity contribution >= 4 is 23.8 Å². The normalized spacial score (nSPS) is 16.1. The number of likely N-dealkylation sites (tertiary alicyclic amines) is 1. The van der Waals surface area contributed by atoms with Gasteiger partial charge in [-0.2, -0.15) is 0 Å². The van der Waals surface area contributed by atoms with E-state index in [2.05, 4.69) is 63.0 Å². The molecule has 0 saturated carbocycles. The Kier molecular flexibility index (Phi) is 9.60. The van der Waals surface area contributed by atoms with Gasteiger partial charge in [0.1, 0.15) is 5.82 Å². The van der Waals surface area contributed by atoms with Gasteiger partial charge in [0.05, 0.1) is 0 Å². The second kappa shape index (κ2) is 12.4. The van der Waals surface area contributed by atoms with E-state index in [0.717, 1.165) is 31.3 Å². The second-order valence-corrected chi connectivity index (χ2v) is 7.26. The van der Waals surface area contributed by atoms with E-state index in [9.17, 15) is 0 Å². The minimum Gasteiger partial charge on any atom is -0.483 e. The quantitative estimate of drug-likeness (QED) is 0.554. The van der Waals surface area contributed by atoms with E-state index in [1.807, 2.05) is 6.20 Å². The van der Waals surface area contributed by atoms with Gasteiger partial charge >= 0.3 is 0 Å². The van der Waals surface area contributed by atoms with Crippen molar-refractivity contribution in [3.63, 3.8) is 0 Å². The topological polar surface area (TPSA) is 111 Å². The van der Waals surface area contributed by atoms with Gasteiger partial charge in [0.2, 0.25) is 0 Å². The average molecular weight is 415 g/mol. The molecule has 0 radical (unpaired) electrons. The van der Waals surface area contributed by atoms with Crippen LogP contribution in [-0.4, -0.2) is 62.2 Å². The Morgan fingerprint density at radius 1 is 1.23 bits per heavy atom. The first-order valence-corrected chi connectivity index (χ1v) is 10.0. The molecule has 30 heavy (non-hydrogen) atoms. The maximum absolute atomic E-state index is 8.36. The van der Waals surface area contributed by atoms with Gasteiger partial charge in [0.15, 0.2) is 0 Å². The molecule has 4 rings (SSSR count). The summed E-state index contributed by atoms with van der Waals surface area (Å²) in [6.07, 6.45) is 9.97. The molecule has 2 aromatic heterocycles. The fraction of sp³-hybridized carbons (Fsp3) is 0.409. The first-order valence-electron chi connectivity index (χ1n) is 10.0. The Hall–Kier alpha value is -3.13. The summed E-state index contributed by atoms with van der Waals surface area (Å²) >= 11 is 0. The van der Waals surface area contributed by atoms with Crippen molar-refractivity contribution in [3.05, 3.63) is 54.2 Å². The predicted octanol–water partition coefficient (Wildman–Crippen LogP) is 3.03. The van der Waals surface area contributed by atoms with Crippen LogP contribution < -0.4 is 0 Å². The number of rotatable bonds is 5. The van der Waals surface area contributed by atoms with Crippen LogP contribution in [0.3, 0.4) is 0 Å². The number of aromatic amines is 1. The van der Waals surface area contributed by atoms with Crippen molar-refractivity contribution < 1.29 is 19.8 Å². The molecule has 162 valence electrons. The van der Waals surface area contributed by atoms with Crippen molar-refractivity contribution in [2.75, 3.05) is 19.6 Å². The van der Waals surface area contributed by atoms with Crippen molar-refractivity contribution in [2.24, 2.45) is 5.92 Å². The number of H-pyrrole nitrogens is 1. The number of benzene rings is 1. The molecule has 0 spiro atoms. The zero-order valence-electron chi connectivity index (χ0n) is 17.3. The fourth-order valence-corrected chi connectivity index (χ4v) is 4.00. The van der Waals surface area contributed by atoms with Crippen LogP contribution in [0.2, 0.25) is 0 Å². The fourth-order valence-electron chi connectivity index (χ4n) is 4.00. The number of carboxylic acid groups (broad SMARTS) is 2. The third kappa shape index (κ3) is 6.73. The lowest BCUT2D eigenvalue weighted by molar-refractivity contribution is -0.123. The van der Waals surface area contributed by atoms with E-state index < -0.39 is 0 Å². The van der Waals surface area contributed by atoms with Crippen LogP contribution in [0.5, 0.6) is 0 Å². The van der Waals surface area contributed by atoms with Gasteiger partial charge in [-0.3, -0.25) is 9.59 Å². The van der Waals surface area contributed by atoms with E-state index in [4.69, 9.17) is 19.8 Å². The van der Waals surface area contributed by atoms with E-state index in [-0.39, 0.29) is 12.9 Å². The zero-order chi connectivity index (χ0) is 21.8. The Labute approximate surface area is 176 Å². The van der Waals surface area contributed by atoms with Crippen molar-refractivity contribution in [1.29, 1.82) is 0 Å². The monoisotopic (exact) mass is 414 g/mol. The molecule has 3 aromatic rings. The second-order valence-electron chi connectivity index (χ2n) is 7.26. The van der Waals surface area contributed by atoms with Gasteiger partial charge in [-0.25, -0.2) is 4.98 Å². The first-order chi connectivity index (χ1) is 14.6. The molecule has 8 heteroatoms. The molecule has 1 aliphatic rings. The summed E-state index contributed by atoms with van der Waals surface area (Å²) in [5.74, 6) is 1.88. The number of piperidine rings is 1. The number of nitrogens with one attached hydrogen (secondary N) is 1. The maximum atomic E-state index is 8.36. The maximum Gasteiger partial charge on any atom is 0.290 e. The van der Waals surface area contributed by atoms with E-state index in [1.54, 1.807) is 0 Å². The molecule has 0 bridgehead atoms. The van der Waals surface area contributed by atoms with E-state index in [0.29, 0.717) is 0 Å². The number of imidazole rings is 1. The van der Waals surface area contributed by atoms with Gasteiger partial charge in [-0.15, -0.1) is 0 Å². The summed E-state index contributed by atoms with van der Waals surface area (Å²) in [6, 6.07) is 8.60. The number of hydrogen-bond donors (Lipinski definition) is 3. The van der Waals surface area contributed by atoms with Crippen molar-refractivity contribution in [1.82, 2.24) is 19.4 Å². The van der Waals surface area contributed by atoms with Gasteiger partial charge in [0.25, 0.3) is 12.9 Å². The Morgan fingerprint density at radius 2 is 1.97 bits per heavy atom. The lowest BCUT2D eigenvalue weighted by atomic mass is 9.97. The number of nitrogens with zero attached hydrogens (tertiary/aromatic N) is 3. The van der Waals surface area contributed by atoms with Crippen LogP contribution in [0.25, 0.3) is 10.9 Å². The summed E-state index contributed by atoms with van der Waals surface area (Å²) in [5, 5.41) is 15.2. The van der Waals surface area contributed by atoms with Crippen LogP contribution in [0.4, 0.5) is 0 Å². The molecular weight excluding hydrogens is 384 g/mol. The highest BCUT2D eigenvalue weighted by molar-refractivity contribution is 5.83. The number of aryl methyl sites for hydroxylation is 1. The summed E-state index contributed by atoms with van der Waals surface area (Å²) in [5.41, 5.74) is 2.69. The molecule has 1 fully saturated rings. The Balaban J connectivity index is 0.000000480. The van der Waals surface area contributed by atoms with Gasteiger partial charge < -0.3 is 24.7 Å². The number of fused-ring (bicyclic) bond motifs is 1. The van der Waals surface area contributed by atoms with Crippen molar-refractivity contribution in [3.8, 4) is 0 Å². The van der Waals surface area contributed by atoms with Crippen LogP contribution in [0.1, 0.15) is 24.2 Å². The predicted molar refractivity (Wildman–Crippen MR) is 116 cm³/mol. The third-order valence-corrected chi connectivity index (χ3v) is 5.35. The first kappa shape index (κ1) is 23.2. The van der Waals surface area contributed by atoms with Crippen LogP contribution in [0.15, 0.2) is 42.9 Å². The lowest BCUT2D eigenvalue weighted by Gasteiger charge is -2.33. The highest BCUT2D eigenvalue weighted by Gasteiger charge is 2.20. The largest absolute Gasteiger partial charge is 0.483 e. The molecule has 1 aliphatic heterocycles. The van der Waals surface area contributed by atoms with E-state index in [1.165, 1.54) is 42.4 Å². The molecular formula is C22H30N4O4. The van der Waals surface area contributed by atoms with Crippen LogP contribution in [0, 0.1) is 12.8 Å². The van der Waals surface area contributed by atoms with Gasteiger partial charge in [0, 0.05) is 49.1 Å². The number of hydrogen-bond acceptors (Lipinski definition) is 4. The summed E-state index contributed by atoms with van der Waals surface area (Å²) < 4.78 is 2.30. The summed E-state index contributed by atoms with van der Waals surface area (Å²) in [4.78, 5) is 27.1. The molecule has 0 amide bonds. The molecule has 1 saturated heterocycles. The van der Waals surface area contributed by atoms with Crippen molar-refractivity contribution in [2.45, 2.75) is 32.7 Å².